The van der Waals surface area contributed by atoms with Crippen molar-refractivity contribution in [2.75, 3.05) is 25.3 Å². The van der Waals surface area contributed by atoms with Gasteiger partial charge in [-0.2, -0.15) is 0 Å². The molecule has 0 saturated carbocycles. The van der Waals surface area contributed by atoms with Crippen LogP contribution in [-0.2, 0) is 0 Å². The number of amides is 1. The standard InChI is InChI=1S/C20H19N3O4S/c1-26-13-7-3-5-11(9-13)17(24)18-16(21)15(19(22)25)20(28-18)23-12-6-4-8-14(10-12)27-2/h3-10,23H,21H2,1-2H3,(H2,22,25). The summed E-state index contributed by atoms with van der Waals surface area (Å²) in [5.74, 6) is 0.153. The molecule has 7 nitrogen and oxygen atoms in total. The van der Waals surface area contributed by atoms with Crippen LogP contribution in [0.3, 0.4) is 0 Å². The summed E-state index contributed by atoms with van der Waals surface area (Å²) < 4.78 is 10.4. The average Bonchev–Trinajstić information content (AvgIpc) is 3.03. The van der Waals surface area contributed by atoms with Crippen molar-refractivity contribution in [1.82, 2.24) is 0 Å². The van der Waals surface area contributed by atoms with Crippen molar-refractivity contribution in [3.63, 3.8) is 0 Å². The Morgan fingerprint density at radius 1 is 1.00 bits per heavy atom. The van der Waals surface area contributed by atoms with Crippen LogP contribution in [0, 0.1) is 0 Å². The molecule has 3 aromatic rings. The van der Waals surface area contributed by atoms with E-state index >= 15 is 0 Å². The molecule has 0 aliphatic rings. The number of benzene rings is 2. The Bertz CT molecular complexity index is 1050. The first-order valence-corrected chi connectivity index (χ1v) is 9.08. The minimum absolute atomic E-state index is 0.0516. The third-order valence-corrected chi connectivity index (χ3v) is 5.18. The predicted octanol–water partition coefficient (Wildman–Crippen LogP) is 3.42. The molecule has 1 aromatic heterocycles. The first-order chi connectivity index (χ1) is 13.4. The third kappa shape index (κ3) is 3.77. The summed E-state index contributed by atoms with van der Waals surface area (Å²) in [7, 11) is 3.08. The van der Waals surface area contributed by atoms with Gasteiger partial charge < -0.3 is 26.3 Å². The van der Waals surface area contributed by atoms with Crippen molar-refractivity contribution in [2.24, 2.45) is 5.73 Å². The minimum atomic E-state index is -0.719. The number of methoxy groups -OCH3 is 2. The molecule has 0 aliphatic carbocycles. The smallest absolute Gasteiger partial charge is 0.253 e. The Kier molecular flexibility index (Phi) is 5.51. The van der Waals surface area contributed by atoms with Crippen molar-refractivity contribution >= 4 is 39.4 Å². The lowest BCUT2D eigenvalue weighted by Gasteiger charge is -2.07. The van der Waals surface area contributed by atoms with E-state index in [2.05, 4.69) is 5.32 Å². The summed E-state index contributed by atoms with van der Waals surface area (Å²) >= 11 is 1.07. The molecular formula is C20H19N3O4S. The normalized spacial score (nSPS) is 10.4. The number of carbonyl (C=O) groups excluding carboxylic acids is 2. The molecule has 1 amide bonds. The summed E-state index contributed by atoms with van der Waals surface area (Å²) in [6.07, 6.45) is 0. The Morgan fingerprint density at radius 2 is 1.64 bits per heavy atom. The fraction of sp³-hybridized carbons (Fsp3) is 0.100. The number of hydrogen-bond donors (Lipinski definition) is 3. The van der Waals surface area contributed by atoms with Crippen molar-refractivity contribution in [3.05, 3.63) is 64.5 Å². The molecule has 0 fully saturated rings. The topological polar surface area (TPSA) is 117 Å². The Balaban J connectivity index is 2.02. The maximum absolute atomic E-state index is 13.0. The number of nitrogens with one attached hydrogen (secondary N) is 1. The number of nitrogens with two attached hydrogens (primary N) is 2. The molecule has 0 atom stereocenters. The van der Waals surface area contributed by atoms with Crippen LogP contribution >= 0.6 is 11.3 Å². The molecule has 0 aliphatic heterocycles. The van der Waals surface area contributed by atoms with Crippen molar-refractivity contribution in [3.8, 4) is 11.5 Å². The zero-order valence-corrected chi connectivity index (χ0v) is 16.1. The van der Waals surface area contributed by atoms with E-state index in [1.165, 1.54) is 7.11 Å². The van der Waals surface area contributed by atoms with Gasteiger partial charge in [-0.1, -0.05) is 18.2 Å². The molecule has 2 aromatic carbocycles. The maximum atomic E-state index is 13.0. The molecule has 28 heavy (non-hydrogen) atoms. The first-order valence-electron chi connectivity index (χ1n) is 8.26. The van der Waals surface area contributed by atoms with Crippen LogP contribution in [0.5, 0.6) is 11.5 Å². The number of rotatable bonds is 7. The van der Waals surface area contributed by atoms with Crippen molar-refractivity contribution < 1.29 is 19.1 Å². The van der Waals surface area contributed by atoms with Crippen molar-refractivity contribution in [2.45, 2.75) is 0 Å². The van der Waals surface area contributed by atoms with Gasteiger partial charge in [0.1, 0.15) is 21.4 Å². The molecule has 144 valence electrons. The highest BCUT2D eigenvalue weighted by atomic mass is 32.1. The summed E-state index contributed by atoms with van der Waals surface area (Å²) in [6.45, 7) is 0. The summed E-state index contributed by atoms with van der Waals surface area (Å²) in [4.78, 5) is 25.2. The second-order valence-corrected chi connectivity index (χ2v) is 6.85. The highest BCUT2D eigenvalue weighted by Crippen LogP contribution is 2.39. The van der Waals surface area contributed by atoms with Gasteiger partial charge in [0, 0.05) is 17.3 Å². The first kappa shape index (κ1) is 19.2. The molecule has 1 heterocycles. The Hall–Kier alpha value is -3.52. The van der Waals surface area contributed by atoms with Gasteiger partial charge in [0.05, 0.1) is 25.5 Å². The highest BCUT2D eigenvalue weighted by molar-refractivity contribution is 7.19. The molecule has 0 spiro atoms. The number of nitrogen functional groups attached to an aromatic ring is 1. The van der Waals surface area contributed by atoms with E-state index in [-0.39, 0.29) is 21.9 Å². The number of hydrogen-bond acceptors (Lipinski definition) is 7. The van der Waals surface area contributed by atoms with Gasteiger partial charge >= 0.3 is 0 Å². The molecule has 0 radical (unpaired) electrons. The number of primary amides is 1. The van der Waals surface area contributed by atoms with Gasteiger partial charge in [-0.15, -0.1) is 11.3 Å². The third-order valence-electron chi connectivity index (χ3n) is 4.06. The van der Waals surface area contributed by atoms with Crippen LogP contribution in [0.25, 0.3) is 0 Å². The second kappa shape index (κ2) is 8.01. The molecule has 5 N–H and O–H groups in total. The zero-order valence-electron chi connectivity index (χ0n) is 15.3. The van der Waals surface area contributed by atoms with Gasteiger partial charge in [0.2, 0.25) is 5.78 Å². The molecule has 8 heteroatoms. The number of thiophene rings is 1. The molecule has 3 rings (SSSR count). The summed E-state index contributed by atoms with van der Waals surface area (Å²) in [5, 5.41) is 3.49. The summed E-state index contributed by atoms with van der Waals surface area (Å²) in [6, 6.07) is 13.9. The van der Waals surface area contributed by atoms with E-state index < -0.39 is 5.91 Å². The largest absolute Gasteiger partial charge is 0.497 e. The summed E-state index contributed by atoms with van der Waals surface area (Å²) in [5.41, 5.74) is 12.8. The van der Waals surface area contributed by atoms with Crippen molar-refractivity contribution in [1.29, 1.82) is 0 Å². The van der Waals surface area contributed by atoms with Gasteiger partial charge in [-0.3, -0.25) is 9.59 Å². The number of ketones is 1. The fourth-order valence-corrected chi connectivity index (χ4v) is 3.78. The van der Waals surface area contributed by atoms with E-state index in [9.17, 15) is 9.59 Å². The second-order valence-electron chi connectivity index (χ2n) is 5.83. The van der Waals surface area contributed by atoms with Crippen LogP contribution in [-0.4, -0.2) is 25.9 Å². The lowest BCUT2D eigenvalue weighted by atomic mass is 10.1. The SMILES string of the molecule is COc1cccc(Nc2sc(C(=O)c3cccc(OC)c3)c(N)c2C(N)=O)c1. The lowest BCUT2D eigenvalue weighted by molar-refractivity contribution is 0.100. The van der Waals surface area contributed by atoms with Gasteiger partial charge in [-0.05, 0) is 24.3 Å². The minimum Gasteiger partial charge on any atom is -0.497 e. The van der Waals surface area contributed by atoms with E-state index in [1.54, 1.807) is 55.6 Å². The predicted molar refractivity (Wildman–Crippen MR) is 110 cm³/mol. The van der Waals surface area contributed by atoms with Crippen LogP contribution in [0.2, 0.25) is 0 Å². The van der Waals surface area contributed by atoms with E-state index in [4.69, 9.17) is 20.9 Å². The monoisotopic (exact) mass is 397 g/mol. The van der Waals surface area contributed by atoms with Gasteiger partial charge in [0.15, 0.2) is 0 Å². The molecule has 0 bridgehead atoms. The molecular weight excluding hydrogens is 378 g/mol. The quantitative estimate of drug-likeness (QED) is 0.526. The fourth-order valence-electron chi connectivity index (χ4n) is 2.67. The van der Waals surface area contributed by atoms with Crippen LogP contribution in [0.4, 0.5) is 16.4 Å². The number of ether oxygens (including phenoxy) is 2. The Labute approximate surface area is 165 Å². The Morgan fingerprint density at radius 3 is 2.29 bits per heavy atom. The lowest BCUT2D eigenvalue weighted by Crippen LogP contribution is -2.14. The van der Waals surface area contributed by atoms with E-state index in [0.717, 1.165) is 11.3 Å². The molecule has 0 unspecified atom stereocenters. The van der Waals surface area contributed by atoms with Crippen LogP contribution in [0.15, 0.2) is 48.5 Å². The van der Waals surface area contributed by atoms with E-state index in [0.29, 0.717) is 27.8 Å². The van der Waals surface area contributed by atoms with E-state index in [1.807, 2.05) is 0 Å². The van der Waals surface area contributed by atoms with Gasteiger partial charge in [-0.25, -0.2) is 0 Å². The number of carbonyl (C=O) groups is 2. The zero-order chi connectivity index (χ0) is 20.3. The van der Waals surface area contributed by atoms with Crippen LogP contribution < -0.4 is 26.3 Å². The van der Waals surface area contributed by atoms with Gasteiger partial charge in [0.25, 0.3) is 5.91 Å². The molecule has 0 saturated heterocycles. The number of anilines is 3. The maximum Gasteiger partial charge on any atom is 0.253 e. The highest BCUT2D eigenvalue weighted by Gasteiger charge is 2.25. The average molecular weight is 397 g/mol. The van der Waals surface area contributed by atoms with Crippen LogP contribution in [0.1, 0.15) is 25.6 Å².